The summed E-state index contributed by atoms with van der Waals surface area (Å²) in [7, 11) is 0. The Bertz CT molecular complexity index is 443. The van der Waals surface area contributed by atoms with Crippen LogP contribution in [0.3, 0.4) is 0 Å². The second-order valence-corrected chi connectivity index (χ2v) is 4.24. The Morgan fingerprint density at radius 1 is 1.44 bits per heavy atom. The van der Waals surface area contributed by atoms with Crippen molar-refractivity contribution in [1.29, 1.82) is 0 Å². The molecule has 0 aromatic heterocycles. The molecule has 1 aromatic carbocycles. The first-order valence-corrected chi connectivity index (χ1v) is 4.81. The molecular formula is C11H13N3O2. The summed E-state index contributed by atoms with van der Waals surface area (Å²) in [6, 6.07) is 6.37. The Morgan fingerprint density at radius 3 is 2.69 bits per heavy atom. The molecule has 0 fully saturated rings. The third-order valence-electron chi connectivity index (χ3n) is 1.64. The zero-order valence-corrected chi connectivity index (χ0v) is 9.47. The summed E-state index contributed by atoms with van der Waals surface area (Å²) in [6.07, 6.45) is 0. The molecule has 1 aromatic rings. The number of carbonyl (C=O) groups excluding carboxylic acids is 1. The molecule has 1 rings (SSSR count). The first-order chi connectivity index (χ1) is 7.42. The Kier molecular flexibility index (Phi) is 3.53. The van der Waals surface area contributed by atoms with E-state index in [2.05, 4.69) is 10.0 Å². The summed E-state index contributed by atoms with van der Waals surface area (Å²) >= 11 is 0. The van der Waals surface area contributed by atoms with Crippen LogP contribution in [-0.4, -0.2) is 11.6 Å². The highest BCUT2D eigenvalue weighted by atomic mass is 16.6. The van der Waals surface area contributed by atoms with Crippen LogP contribution < -0.4 is 0 Å². The van der Waals surface area contributed by atoms with E-state index in [1.54, 1.807) is 39.0 Å². The Labute approximate surface area is 93.7 Å². The van der Waals surface area contributed by atoms with Gasteiger partial charge in [-0.1, -0.05) is 17.2 Å². The third kappa shape index (κ3) is 3.63. The van der Waals surface area contributed by atoms with Gasteiger partial charge in [-0.05, 0) is 38.4 Å². The molecule has 0 radical (unpaired) electrons. The molecule has 0 bridgehead atoms. The van der Waals surface area contributed by atoms with Crippen LogP contribution in [-0.2, 0) is 4.74 Å². The maximum absolute atomic E-state index is 11.7. The fraction of sp³-hybridized carbons (Fsp3) is 0.364. The maximum Gasteiger partial charge on any atom is 0.338 e. The van der Waals surface area contributed by atoms with Crippen molar-refractivity contribution in [1.82, 2.24) is 0 Å². The number of hydrogen-bond donors (Lipinski definition) is 0. The van der Waals surface area contributed by atoms with Crippen molar-refractivity contribution in [3.05, 3.63) is 40.3 Å². The molecule has 0 unspecified atom stereocenters. The van der Waals surface area contributed by atoms with Gasteiger partial charge in [0.25, 0.3) is 0 Å². The van der Waals surface area contributed by atoms with Crippen LogP contribution in [0.25, 0.3) is 10.4 Å². The fourth-order valence-corrected chi connectivity index (χ4v) is 1.08. The molecule has 0 aliphatic carbocycles. The number of carbonyl (C=O) groups is 1. The smallest absolute Gasteiger partial charge is 0.338 e. The molecule has 0 N–H and O–H groups in total. The van der Waals surface area contributed by atoms with Crippen molar-refractivity contribution in [3.8, 4) is 0 Å². The number of benzene rings is 1. The summed E-state index contributed by atoms with van der Waals surface area (Å²) in [5.41, 5.74) is 8.51. The van der Waals surface area contributed by atoms with Gasteiger partial charge in [-0.25, -0.2) is 4.79 Å². The molecule has 0 amide bonds. The molecule has 0 atom stereocenters. The summed E-state index contributed by atoms with van der Waals surface area (Å²) in [4.78, 5) is 14.3. The summed E-state index contributed by atoms with van der Waals surface area (Å²) in [5, 5.41) is 3.42. The van der Waals surface area contributed by atoms with E-state index in [1.165, 1.54) is 6.07 Å². The van der Waals surface area contributed by atoms with Gasteiger partial charge in [0.2, 0.25) is 0 Å². The van der Waals surface area contributed by atoms with Crippen molar-refractivity contribution in [2.75, 3.05) is 0 Å². The maximum atomic E-state index is 11.7. The van der Waals surface area contributed by atoms with Crippen LogP contribution in [0.4, 0.5) is 5.69 Å². The molecule has 0 saturated heterocycles. The predicted octanol–water partition coefficient (Wildman–Crippen LogP) is 3.58. The lowest BCUT2D eigenvalue weighted by Crippen LogP contribution is -2.23. The highest BCUT2D eigenvalue weighted by Gasteiger charge is 2.17. The monoisotopic (exact) mass is 219 g/mol. The minimum atomic E-state index is -0.536. The normalized spacial score (nSPS) is 10.4. The van der Waals surface area contributed by atoms with E-state index in [9.17, 15) is 4.79 Å². The lowest BCUT2D eigenvalue weighted by Gasteiger charge is -2.19. The lowest BCUT2D eigenvalue weighted by molar-refractivity contribution is 0.00696. The summed E-state index contributed by atoms with van der Waals surface area (Å²) in [5.74, 6) is -0.428. The molecule has 84 valence electrons. The van der Waals surface area contributed by atoms with E-state index in [-0.39, 0.29) is 0 Å². The van der Waals surface area contributed by atoms with Crippen molar-refractivity contribution >= 4 is 11.7 Å². The minimum Gasteiger partial charge on any atom is -0.456 e. The molecule has 5 nitrogen and oxygen atoms in total. The van der Waals surface area contributed by atoms with Crippen molar-refractivity contribution in [2.45, 2.75) is 26.4 Å². The van der Waals surface area contributed by atoms with Crippen LogP contribution in [0, 0.1) is 0 Å². The van der Waals surface area contributed by atoms with E-state index in [4.69, 9.17) is 10.3 Å². The van der Waals surface area contributed by atoms with Gasteiger partial charge in [-0.15, -0.1) is 0 Å². The number of esters is 1. The van der Waals surface area contributed by atoms with Crippen LogP contribution >= 0.6 is 0 Å². The van der Waals surface area contributed by atoms with Gasteiger partial charge in [0, 0.05) is 10.6 Å². The van der Waals surface area contributed by atoms with Crippen LogP contribution in [0.15, 0.2) is 29.4 Å². The lowest BCUT2D eigenvalue weighted by atomic mass is 10.1. The zero-order valence-electron chi connectivity index (χ0n) is 9.47. The zero-order chi connectivity index (χ0) is 12.2. The van der Waals surface area contributed by atoms with Gasteiger partial charge in [-0.3, -0.25) is 0 Å². The minimum absolute atomic E-state index is 0.375. The molecule has 0 saturated carbocycles. The fourth-order valence-electron chi connectivity index (χ4n) is 1.08. The SMILES string of the molecule is CC(C)(C)OC(=O)c1cccc(N=[N+]=[N-])c1. The topological polar surface area (TPSA) is 75.1 Å². The van der Waals surface area contributed by atoms with Crippen LogP contribution in [0.2, 0.25) is 0 Å². The highest BCUT2D eigenvalue weighted by Crippen LogP contribution is 2.17. The number of ether oxygens (including phenoxy) is 1. The quantitative estimate of drug-likeness (QED) is 0.330. The highest BCUT2D eigenvalue weighted by molar-refractivity contribution is 5.90. The molecule has 5 heteroatoms. The summed E-state index contributed by atoms with van der Waals surface area (Å²) in [6.45, 7) is 5.38. The summed E-state index contributed by atoms with van der Waals surface area (Å²) < 4.78 is 5.18. The van der Waals surface area contributed by atoms with Gasteiger partial charge in [0.1, 0.15) is 5.60 Å². The van der Waals surface area contributed by atoms with E-state index in [0.717, 1.165) is 0 Å². The van der Waals surface area contributed by atoms with Gasteiger partial charge in [0.05, 0.1) is 5.56 Å². The average Bonchev–Trinajstić information content (AvgIpc) is 2.16. The Morgan fingerprint density at radius 2 is 2.12 bits per heavy atom. The first-order valence-electron chi connectivity index (χ1n) is 4.81. The second-order valence-electron chi connectivity index (χ2n) is 4.24. The second kappa shape index (κ2) is 4.68. The first kappa shape index (κ1) is 12.1. The third-order valence-corrected chi connectivity index (χ3v) is 1.64. The van der Waals surface area contributed by atoms with E-state index < -0.39 is 11.6 Å². The van der Waals surface area contributed by atoms with Crippen molar-refractivity contribution < 1.29 is 9.53 Å². The molecule has 0 heterocycles. The molecule has 0 aliphatic rings. The molecule has 16 heavy (non-hydrogen) atoms. The molecule has 0 aliphatic heterocycles. The standard InChI is InChI=1S/C11H13N3O2/c1-11(2,3)16-10(15)8-5-4-6-9(7-8)13-14-12/h4-7H,1-3H3. The van der Waals surface area contributed by atoms with Crippen molar-refractivity contribution in [3.63, 3.8) is 0 Å². The predicted molar refractivity (Wildman–Crippen MR) is 60.4 cm³/mol. The largest absolute Gasteiger partial charge is 0.456 e. The van der Waals surface area contributed by atoms with Crippen LogP contribution in [0.5, 0.6) is 0 Å². The molecular weight excluding hydrogens is 206 g/mol. The number of rotatable bonds is 2. The van der Waals surface area contributed by atoms with Gasteiger partial charge in [0.15, 0.2) is 0 Å². The van der Waals surface area contributed by atoms with Gasteiger partial charge in [-0.2, -0.15) is 0 Å². The number of nitrogens with zero attached hydrogens (tertiary/aromatic N) is 3. The Balaban J connectivity index is 2.92. The van der Waals surface area contributed by atoms with E-state index in [0.29, 0.717) is 11.3 Å². The molecule has 0 spiro atoms. The van der Waals surface area contributed by atoms with E-state index >= 15 is 0 Å². The van der Waals surface area contributed by atoms with E-state index in [1.807, 2.05) is 0 Å². The van der Waals surface area contributed by atoms with Crippen LogP contribution in [0.1, 0.15) is 31.1 Å². The number of hydrogen-bond acceptors (Lipinski definition) is 3. The Hall–Kier alpha value is -2.00. The van der Waals surface area contributed by atoms with Gasteiger partial charge >= 0.3 is 5.97 Å². The van der Waals surface area contributed by atoms with Gasteiger partial charge < -0.3 is 4.74 Å². The average molecular weight is 219 g/mol. The number of azide groups is 1. The van der Waals surface area contributed by atoms with Crippen molar-refractivity contribution in [2.24, 2.45) is 5.11 Å².